The summed E-state index contributed by atoms with van der Waals surface area (Å²) in [5.41, 5.74) is 1.80. The van der Waals surface area contributed by atoms with Gasteiger partial charge >= 0.3 is 6.18 Å². The van der Waals surface area contributed by atoms with Crippen molar-refractivity contribution >= 4 is 35.8 Å². The average Bonchev–Trinajstić information content (AvgIpc) is 3.22. The second-order valence-corrected chi connectivity index (χ2v) is 8.20. The number of halogens is 4. The molecule has 1 aromatic carbocycles. The van der Waals surface area contributed by atoms with Gasteiger partial charge in [0.2, 0.25) is 11.9 Å². The molecule has 1 unspecified atom stereocenters. The highest BCUT2D eigenvalue weighted by atomic mass is 35.5. The number of hydrogen-bond donors (Lipinski definition) is 2. The highest BCUT2D eigenvalue weighted by molar-refractivity contribution is 5.85. The number of carbonyl (C=O) groups is 1. The highest BCUT2D eigenvalue weighted by Gasteiger charge is 2.33. The number of fused-ring (bicyclic) bond motifs is 1. The lowest BCUT2D eigenvalue weighted by molar-refractivity contribution is -0.138. The van der Waals surface area contributed by atoms with Crippen molar-refractivity contribution in [1.29, 1.82) is 0 Å². The lowest BCUT2D eigenvalue weighted by Crippen LogP contribution is -2.43. The molecule has 10 heteroatoms. The Kier molecular flexibility index (Phi) is 7.17. The lowest BCUT2D eigenvalue weighted by atomic mass is 9.97. The molecule has 1 atom stereocenters. The van der Waals surface area contributed by atoms with Crippen LogP contribution in [-0.2, 0) is 23.8 Å². The fraction of sp³-hybridized carbons (Fsp3) is 0.500. The van der Waals surface area contributed by atoms with Crippen molar-refractivity contribution in [3.63, 3.8) is 0 Å². The van der Waals surface area contributed by atoms with E-state index >= 15 is 0 Å². The largest absolute Gasteiger partial charge is 0.416 e. The van der Waals surface area contributed by atoms with Crippen LogP contribution in [0.4, 0.5) is 30.6 Å². The summed E-state index contributed by atoms with van der Waals surface area (Å²) in [5, 5.41) is 5.69. The number of alkyl halides is 3. The lowest BCUT2D eigenvalue weighted by Gasteiger charge is -2.34. The number of rotatable bonds is 4. The summed E-state index contributed by atoms with van der Waals surface area (Å²) in [7, 11) is 1.64. The molecular weight excluding hydrogens is 443 g/mol. The number of anilines is 3. The van der Waals surface area contributed by atoms with Crippen molar-refractivity contribution in [2.45, 2.75) is 45.2 Å². The zero-order valence-electron chi connectivity index (χ0n) is 18.1. The maximum Gasteiger partial charge on any atom is 0.416 e. The minimum atomic E-state index is -4.42. The molecule has 1 fully saturated rings. The molecule has 1 aromatic heterocycles. The first-order valence-electron chi connectivity index (χ1n) is 10.6. The Labute approximate surface area is 191 Å². The van der Waals surface area contributed by atoms with Gasteiger partial charge < -0.3 is 15.5 Å². The molecule has 4 rings (SSSR count). The second-order valence-electron chi connectivity index (χ2n) is 8.20. The van der Waals surface area contributed by atoms with Crippen LogP contribution in [0.3, 0.4) is 0 Å². The van der Waals surface area contributed by atoms with Crippen molar-refractivity contribution < 1.29 is 18.0 Å². The fourth-order valence-electron chi connectivity index (χ4n) is 4.45. The van der Waals surface area contributed by atoms with E-state index in [0.717, 1.165) is 61.8 Å². The standard InChI is InChI=1S/C22H26F3N5O.ClH/c1-13-8-9-15(11-17(13)22(23,24)25)27-21-28-18-7-3-6-16(18)19(29-21)30-10-4-5-14(12-30)20(31)26-2;/h8-9,11,14H,3-7,10,12H2,1-2H3,(H,26,31)(H,27,28,29);1H. The number of amides is 1. The molecule has 2 heterocycles. The quantitative estimate of drug-likeness (QED) is 0.693. The van der Waals surface area contributed by atoms with Gasteiger partial charge in [-0.05, 0) is 56.7 Å². The van der Waals surface area contributed by atoms with Crippen LogP contribution in [-0.4, -0.2) is 36.0 Å². The highest BCUT2D eigenvalue weighted by Crippen LogP contribution is 2.35. The van der Waals surface area contributed by atoms with Gasteiger partial charge in [-0.15, -0.1) is 12.4 Å². The Morgan fingerprint density at radius 1 is 1.19 bits per heavy atom. The summed E-state index contributed by atoms with van der Waals surface area (Å²) in [6, 6.07) is 4.13. The van der Waals surface area contributed by atoms with E-state index in [-0.39, 0.29) is 35.7 Å². The summed E-state index contributed by atoms with van der Waals surface area (Å²) < 4.78 is 39.9. The van der Waals surface area contributed by atoms with Crippen LogP contribution in [0.1, 0.15) is 41.6 Å². The maximum absolute atomic E-state index is 13.3. The Balaban J connectivity index is 0.00000289. The molecule has 0 saturated carbocycles. The Morgan fingerprint density at radius 2 is 1.97 bits per heavy atom. The van der Waals surface area contributed by atoms with Gasteiger partial charge in [0.05, 0.1) is 17.2 Å². The van der Waals surface area contributed by atoms with Gasteiger partial charge in [-0.2, -0.15) is 18.2 Å². The van der Waals surface area contributed by atoms with Crippen molar-refractivity contribution in [2.24, 2.45) is 5.92 Å². The minimum absolute atomic E-state index is 0. The molecule has 2 aromatic rings. The zero-order valence-corrected chi connectivity index (χ0v) is 18.9. The molecule has 174 valence electrons. The molecule has 2 aliphatic rings. The topological polar surface area (TPSA) is 70.2 Å². The van der Waals surface area contributed by atoms with Crippen LogP contribution >= 0.6 is 12.4 Å². The van der Waals surface area contributed by atoms with Gasteiger partial charge in [-0.3, -0.25) is 4.79 Å². The first-order valence-corrected chi connectivity index (χ1v) is 10.6. The molecule has 1 amide bonds. The van der Waals surface area contributed by atoms with E-state index < -0.39 is 11.7 Å². The van der Waals surface area contributed by atoms with Crippen molar-refractivity contribution in [3.05, 3.63) is 40.6 Å². The van der Waals surface area contributed by atoms with Crippen LogP contribution in [0.15, 0.2) is 18.2 Å². The van der Waals surface area contributed by atoms with Crippen LogP contribution in [0, 0.1) is 12.8 Å². The van der Waals surface area contributed by atoms with E-state index in [0.29, 0.717) is 12.2 Å². The molecule has 6 nitrogen and oxygen atoms in total. The number of benzene rings is 1. The number of aromatic nitrogens is 2. The first kappa shape index (κ1) is 24.1. The SMILES string of the molecule is CNC(=O)C1CCCN(c2nc(Nc3ccc(C)c(C(F)(F)F)c3)nc3c2CCC3)C1.Cl. The van der Waals surface area contributed by atoms with Gasteiger partial charge in [-0.25, -0.2) is 4.98 Å². The maximum atomic E-state index is 13.3. The Bertz CT molecular complexity index is 998. The van der Waals surface area contributed by atoms with Gasteiger partial charge in [-0.1, -0.05) is 6.07 Å². The van der Waals surface area contributed by atoms with Crippen molar-refractivity contribution in [1.82, 2.24) is 15.3 Å². The summed E-state index contributed by atoms with van der Waals surface area (Å²) >= 11 is 0. The first-order chi connectivity index (χ1) is 14.8. The second kappa shape index (κ2) is 9.52. The van der Waals surface area contributed by atoms with E-state index in [1.807, 2.05) is 0 Å². The fourth-order valence-corrected chi connectivity index (χ4v) is 4.45. The molecule has 1 saturated heterocycles. The summed E-state index contributed by atoms with van der Waals surface area (Å²) in [6.45, 7) is 2.81. The predicted octanol–water partition coefficient (Wildman–Crippen LogP) is 4.42. The molecule has 0 bridgehead atoms. The number of nitrogens with one attached hydrogen (secondary N) is 2. The Morgan fingerprint density at radius 3 is 2.69 bits per heavy atom. The predicted molar refractivity (Wildman–Crippen MR) is 120 cm³/mol. The monoisotopic (exact) mass is 469 g/mol. The normalized spacial score (nSPS) is 18.0. The number of hydrogen-bond acceptors (Lipinski definition) is 5. The number of aryl methyl sites for hydroxylation is 2. The van der Waals surface area contributed by atoms with E-state index in [9.17, 15) is 18.0 Å². The molecule has 32 heavy (non-hydrogen) atoms. The average molecular weight is 470 g/mol. The molecule has 0 spiro atoms. The summed E-state index contributed by atoms with van der Waals surface area (Å²) in [6.07, 6.45) is -0.0578. The van der Waals surface area contributed by atoms with E-state index in [1.165, 1.54) is 13.0 Å². The third kappa shape index (κ3) is 4.92. The van der Waals surface area contributed by atoms with Gasteiger partial charge in [0, 0.05) is 31.4 Å². The number of piperidine rings is 1. The molecule has 1 aliphatic carbocycles. The third-order valence-electron chi connectivity index (χ3n) is 6.05. The van der Waals surface area contributed by atoms with Crippen molar-refractivity contribution in [2.75, 3.05) is 30.4 Å². The molecule has 0 radical (unpaired) electrons. The van der Waals surface area contributed by atoms with Gasteiger partial charge in [0.15, 0.2) is 0 Å². The van der Waals surface area contributed by atoms with Gasteiger partial charge in [0.25, 0.3) is 0 Å². The van der Waals surface area contributed by atoms with Crippen LogP contribution in [0.2, 0.25) is 0 Å². The van der Waals surface area contributed by atoms with E-state index in [2.05, 4.69) is 25.5 Å². The Hall–Kier alpha value is -2.55. The summed E-state index contributed by atoms with van der Waals surface area (Å²) in [5.74, 6) is 0.998. The molecule has 2 N–H and O–H groups in total. The van der Waals surface area contributed by atoms with Gasteiger partial charge in [0.1, 0.15) is 5.82 Å². The smallest absolute Gasteiger partial charge is 0.359 e. The van der Waals surface area contributed by atoms with Crippen molar-refractivity contribution in [3.8, 4) is 0 Å². The van der Waals surface area contributed by atoms with Crippen LogP contribution in [0.5, 0.6) is 0 Å². The van der Waals surface area contributed by atoms with Crippen LogP contribution in [0.25, 0.3) is 0 Å². The zero-order chi connectivity index (χ0) is 22.2. The van der Waals surface area contributed by atoms with E-state index in [4.69, 9.17) is 0 Å². The number of nitrogens with zero attached hydrogens (tertiary/aromatic N) is 3. The van der Waals surface area contributed by atoms with Crippen LogP contribution < -0.4 is 15.5 Å². The summed E-state index contributed by atoms with van der Waals surface area (Å²) in [4.78, 5) is 23.5. The number of carbonyl (C=O) groups excluding carboxylic acids is 1. The third-order valence-corrected chi connectivity index (χ3v) is 6.05. The van der Waals surface area contributed by atoms with E-state index in [1.54, 1.807) is 13.1 Å². The molecular formula is C22H27ClF3N5O. The molecule has 1 aliphatic heterocycles. The minimum Gasteiger partial charge on any atom is -0.359 e.